The van der Waals surface area contributed by atoms with Crippen LogP contribution in [0.4, 0.5) is 0 Å². The van der Waals surface area contributed by atoms with E-state index in [1.54, 1.807) is 42.5 Å². The highest BCUT2D eigenvalue weighted by molar-refractivity contribution is 7.89. The summed E-state index contributed by atoms with van der Waals surface area (Å²) < 4.78 is 25.1. The molecule has 2 N–H and O–H groups in total. The third kappa shape index (κ3) is 3.64. The summed E-state index contributed by atoms with van der Waals surface area (Å²) in [5.41, 5.74) is 0.966. The summed E-state index contributed by atoms with van der Waals surface area (Å²) in [4.78, 5) is 2.41. The molecule has 0 heterocycles. The van der Waals surface area contributed by atoms with E-state index in [1.165, 1.54) is 0 Å². The van der Waals surface area contributed by atoms with Gasteiger partial charge in [0.15, 0.2) is 0 Å². The predicted octanol–water partition coefficient (Wildman–Crippen LogP) is 3.64. The number of nitrogens with one attached hydrogen (secondary N) is 1. The van der Waals surface area contributed by atoms with Crippen molar-refractivity contribution in [1.29, 1.82) is 0 Å². The first-order valence-electron chi connectivity index (χ1n) is 7.87. The number of rotatable bonds is 5. The van der Waals surface area contributed by atoms with Gasteiger partial charge in [0.1, 0.15) is 5.75 Å². The van der Waals surface area contributed by atoms with Crippen LogP contribution in [0.25, 0.3) is 10.8 Å². The third-order valence-corrected chi connectivity index (χ3v) is 5.09. The fourth-order valence-electron chi connectivity index (χ4n) is 2.55. The van der Waals surface area contributed by atoms with Gasteiger partial charge < -0.3 is 5.11 Å². The van der Waals surface area contributed by atoms with Crippen molar-refractivity contribution in [2.24, 2.45) is 5.10 Å². The Kier molecular flexibility index (Phi) is 4.72. The third-order valence-electron chi connectivity index (χ3n) is 3.88. The lowest BCUT2D eigenvalue weighted by atomic mass is 10.1. The summed E-state index contributed by atoms with van der Waals surface area (Å²) in [6, 6.07) is 19.2. The van der Waals surface area contributed by atoms with E-state index in [4.69, 9.17) is 0 Å². The molecule has 3 aromatic rings. The van der Waals surface area contributed by atoms with E-state index >= 15 is 0 Å². The number of para-hydroxylation sites is 1. The molecule has 0 radical (unpaired) electrons. The van der Waals surface area contributed by atoms with Crippen molar-refractivity contribution in [3.8, 4) is 5.75 Å². The summed E-state index contributed by atoms with van der Waals surface area (Å²) in [5.74, 6) is 0.0630. The molecule has 0 aliphatic heterocycles. The van der Waals surface area contributed by atoms with Crippen LogP contribution in [0.15, 0.2) is 76.7 Å². The standard InChI is InChI=1S/C19H18N2O3S/c1-2-18(17-9-5-6-10-19(17)22)20-21-25(23,24)16-12-11-14-7-3-4-8-15(14)13-16/h3-13,21-22H,2H2,1H3/b20-18-. The second-order valence-electron chi connectivity index (χ2n) is 5.53. The molecule has 25 heavy (non-hydrogen) atoms. The summed E-state index contributed by atoms with van der Waals surface area (Å²) in [6.07, 6.45) is 0.470. The molecule has 0 amide bonds. The predicted molar refractivity (Wildman–Crippen MR) is 99.2 cm³/mol. The molecule has 3 aromatic carbocycles. The number of phenols is 1. The summed E-state index contributed by atoms with van der Waals surface area (Å²) in [7, 11) is -3.80. The fraction of sp³-hybridized carbons (Fsp3) is 0.105. The molecule has 0 aliphatic carbocycles. The highest BCUT2D eigenvalue weighted by Crippen LogP contribution is 2.20. The smallest absolute Gasteiger partial charge is 0.276 e. The van der Waals surface area contributed by atoms with Crippen molar-refractivity contribution in [3.63, 3.8) is 0 Å². The zero-order chi connectivity index (χ0) is 17.9. The number of fused-ring (bicyclic) bond motifs is 1. The average molecular weight is 354 g/mol. The molecule has 0 saturated carbocycles. The van der Waals surface area contributed by atoms with Crippen LogP contribution in [-0.2, 0) is 10.0 Å². The van der Waals surface area contributed by atoms with Crippen LogP contribution >= 0.6 is 0 Å². The number of benzene rings is 3. The maximum atomic E-state index is 12.5. The topological polar surface area (TPSA) is 78.8 Å². The van der Waals surface area contributed by atoms with Gasteiger partial charge in [-0.3, -0.25) is 0 Å². The number of nitrogens with zero attached hydrogens (tertiary/aromatic N) is 1. The average Bonchev–Trinajstić information content (AvgIpc) is 2.63. The Balaban J connectivity index is 1.93. The monoisotopic (exact) mass is 354 g/mol. The molecular formula is C19H18N2O3S. The lowest BCUT2D eigenvalue weighted by Gasteiger charge is -2.09. The van der Waals surface area contributed by atoms with Crippen molar-refractivity contribution < 1.29 is 13.5 Å². The molecular weight excluding hydrogens is 336 g/mol. The molecule has 0 spiro atoms. The van der Waals surface area contributed by atoms with Gasteiger partial charge in [0.25, 0.3) is 10.0 Å². The van der Waals surface area contributed by atoms with E-state index in [0.29, 0.717) is 17.7 Å². The van der Waals surface area contributed by atoms with Crippen molar-refractivity contribution in [1.82, 2.24) is 4.83 Å². The van der Waals surface area contributed by atoms with Crippen molar-refractivity contribution >= 4 is 26.5 Å². The summed E-state index contributed by atoms with van der Waals surface area (Å²) in [5, 5.41) is 15.7. The van der Waals surface area contributed by atoms with Gasteiger partial charge in [0, 0.05) is 5.56 Å². The van der Waals surface area contributed by atoms with E-state index in [2.05, 4.69) is 9.93 Å². The second-order valence-corrected chi connectivity index (χ2v) is 7.19. The van der Waals surface area contributed by atoms with Crippen LogP contribution < -0.4 is 4.83 Å². The van der Waals surface area contributed by atoms with Crippen LogP contribution in [0.1, 0.15) is 18.9 Å². The zero-order valence-electron chi connectivity index (χ0n) is 13.7. The van der Waals surface area contributed by atoms with E-state index < -0.39 is 10.0 Å². The van der Waals surface area contributed by atoms with Crippen molar-refractivity contribution in [2.45, 2.75) is 18.2 Å². The molecule has 3 rings (SSSR count). The number of hydrogen-bond donors (Lipinski definition) is 2. The fourth-order valence-corrected chi connectivity index (χ4v) is 3.41. The van der Waals surface area contributed by atoms with Crippen LogP contribution in [-0.4, -0.2) is 19.2 Å². The van der Waals surface area contributed by atoms with Crippen LogP contribution in [0.2, 0.25) is 0 Å². The summed E-state index contributed by atoms with van der Waals surface area (Å²) >= 11 is 0. The Morgan fingerprint density at radius 2 is 1.68 bits per heavy atom. The maximum absolute atomic E-state index is 12.5. The minimum Gasteiger partial charge on any atom is -0.507 e. The van der Waals surface area contributed by atoms with Crippen LogP contribution in [0.5, 0.6) is 5.75 Å². The number of hydrazone groups is 1. The molecule has 0 fully saturated rings. The first kappa shape index (κ1) is 17.0. The zero-order valence-corrected chi connectivity index (χ0v) is 14.5. The van der Waals surface area contributed by atoms with Gasteiger partial charge in [-0.05, 0) is 41.5 Å². The number of phenolic OH excluding ortho intramolecular Hbond substituents is 1. The normalized spacial score (nSPS) is 12.3. The minimum atomic E-state index is -3.80. The van der Waals surface area contributed by atoms with Gasteiger partial charge in [-0.1, -0.05) is 49.4 Å². The number of hydrogen-bond acceptors (Lipinski definition) is 4. The lowest BCUT2D eigenvalue weighted by molar-refractivity contribution is 0.474. The molecule has 0 unspecified atom stereocenters. The van der Waals surface area contributed by atoms with Gasteiger partial charge >= 0.3 is 0 Å². The van der Waals surface area contributed by atoms with Gasteiger partial charge in [0.05, 0.1) is 10.6 Å². The SMILES string of the molecule is CC/C(=N/NS(=O)(=O)c1ccc2ccccc2c1)c1ccccc1O. The highest BCUT2D eigenvalue weighted by Gasteiger charge is 2.15. The Hall–Kier alpha value is -2.86. The van der Waals surface area contributed by atoms with Gasteiger partial charge in [0.2, 0.25) is 0 Å². The molecule has 5 nitrogen and oxygen atoms in total. The molecule has 0 atom stereocenters. The van der Waals surface area contributed by atoms with Crippen LogP contribution in [0, 0.1) is 0 Å². The van der Waals surface area contributed by atoms with Crippen LogP contribution in [0.3, 0.4) is 0 Å². The van der Waals surface area contributed by atoms with E-state index in [1.807, 2.05) is 31.2 Å². The quantitative estimate of drug-likeness (QED) is 0.542. The highest BCUT2D eigenvalue weighted by atomic mass is 32.2. The van der Waals surface area contributed by atoms with Gasteiger partial charge in [-0.25, -0.2) is 0 Å². The largest absolute Gasteiger partial charge is 0.507 e. The van der Waals surface area contributed by atoms with E-state index in [9.17, 15) is 13.5 Å². The molecule has 0 aromatic heterocycles. The minimum absolute atomic E-state index is 0.0630. The molecule has 0 saturated heterocycles. The van der Waals surface area contributed by atoms with Crippen molar-refractivity contribution in [2.75, 3.05) is 0 Å². The second kappa shape index (κ2) is 6.94. The molecule has 128 valence electrons. The Labute approximate surface area is 146 Å². The van der Waals surface area contributed by atoms with Crippen molar-refractivity contribution in [3.05, 3.63) is 72.3 Å². The Morgan fingerprint density at radius 3 is 2.40 bits per heavy atom. The first-order valence-corrected chi connectivity index (χ1v) is 9.35. The Morgan fingerprint density at radius 1 is 1.00 bits per heavy atom. The lowest BCUT2D eigenvalue weighted by Crippen LogP contribution is -2.20. The van der Waals surface area contributed by atoms with Gasteiger partial charge in [-0.2, -0.15) is 18.4 Å². The van der Waals surface area contributed by atoms with Gasteiger partial charge in [-0.15, -0.1) is 0 Å². The first-order chi connectivity index (χ1) is 12.0. The Bertz CT molecular complexity index is 1040. The molecule has 0 bridgehead atoms. The number of aromatic hydroxyl groups is 1. The maximum Gasteiger partial charge on any atom is 0.276 e. The molecule has 6 heteroatoms. The van der Waals surface area contributed by atoms with E-state index in [0.717, 1.165) is 10.8 Å². The van der Waals surface area contributed by atoms with E-state index in [-0.39, 0.29) is 10.6 Å². The molecule has 0 aliphatic rings. The number of sulfonamides is 1. The summed E-state index contributed by atoms with van der Waals surface area (Å²) in [6.45, 7) is 1.84.